The van der Waals surface area contributed by atoms with Crippen LogP contribution in [0, 0.1) is 0 Å². The zero-order valence-electron chi connectivity index (χ0n) is 16.9. The zero-order valence-corrected chi connectivity index (χ0v) is 20.0. The summed E-state index contributed by atoms with van der Waals surface area (Å²) in [6.07, 6.45) is -0.214. The van der Waals surface area contributed by atoms with E-state index in [4.69, 9.17) is 28.3 Å². The Kier molecular flexibility index (Phi) is 6.44. The maximum atomic E-state index is 11.7. The Hall–Kier alpha value is -2.20. The monoisotopic (exact) mass is 507 g/mol. The van der Waals surface area contributed by atoms with Gasteiger partial charge in [-0.15, -0.1) is 11.3 Å². The van der Waals surface area contributed by atoms with Crippen molar-refractivity contribution in [2.24, 2.45) is 5.14 Å². The molecular formula is C22H19Cl2N3O3S2. The summed E-state index contributed by atoms with van der Waals surface area (Å²) in [5.41, 5.74) is 2.57. The van der Waals surface area contributed by atoms with Crippen LogP contribution in [0.3, 0.4) is 0 Å². The smallest absolute Gasteiger partial charge is 0.238 e. The van der Waals surface area contributed by atoms with Crippen molar-refractivity contribution in [2.45, 2.75) is 24.3 Å². The molecule has 1 unspecified atom stereocenters. The molecule has 2 aromatic carbocycles. The number of halogens is 2. The third-order valence-corrected chi connectivity index (χ3v) is 7.52. The van der Waals surface area contributed by atoms with E-state index in [1.54, 1.807) is 35.0 Å². The third-order valence-electron chi connectivity index (χ3n) is 4.90. The summed E-state index contributed by atoms with van der Waals surface area (Å²) in [6.45, 7) is 1.87. The molecule has 10 heteroatoms. The van der Waals surface area contributed by atoms with E-state index in [-0.39, 0.29) is 4.90 Å². The first-order valence-corrected chi connectivity index (χ1v) is 12.8. The van der Waals surface area contributed by atoms with Crippen molar-refractivity contribution >= 4 is 44.6 Å². The molecule has 0 radical (unpaired) electrons. The van der Waals surface area contributed by atoms with Gasteiger partial charge in [0.1, 0.15) is 0 Å². The number of rotatable bonds is 6. The summed E-state index contributed by atoms with van der Waals surface area (Å²) in [5, 5.41) is 21.2. The summed E-state index contributed by atoms with van der Waals surface area (Å²) in [5.74, 6) is 0. The largest absolute Gasteiger partial charge is 0.387 e. The Morgan fingerprint density at radius 3 is 2.56 bits per heavy atom. The number of aliphatic hydroxyl groups is 1. The van der Waals surface area contributed by atoms with E-state index in [0.717, 1.165) is 21.0 Å². The standard InChI is InChI=1S/C22H19Cl2N3O3S2/c1-2-20(28)17-12-19(27(26-17)18-11-14(23)6-7-16(18)24)22-9-8-21(31-22)13-4-3-5-15(10-13)32(25,29)30/h3-12,20,28H,2H2,1H3,(H2,25,29,30). The molecule has 0 spiro atoms. The van der Waals surface area contributed by atoms with Crippen LogP contribution in [0.4, 0.5) is 0 Å². The fraction of sp³-hybridized carbons (Fsp3) is 0.136. The van der Waals surface area contributed by atoms with Crippen molar-refractivity contribution in [3.63, 3.8) is 0 Å². The van der Waals surface area contributed by atoms with Crippen molar-refractivity contribution < 1.29 is 13.5 Å². The number of hydrogen-bond donors (Lipinski definition) is 2. The molecule has 0 bridgehead atoms. The van der Waals surface area contributed by atoms with E-state index in [0.29, 0.717) is 27.8 Å². The lowest BCUT2D eigenvalue weighted by molar-refractivity contribution is 0.168. The lowest BCUT2D eigenvalue weighted by atomic mass is 10.2. The van der Waals surface area contributed by atoms with E-state index in [1.165, 1.54) is 17.4 Å². The van der Waals surface area contributed by atoms with Crippen molar-refractivity contribution in [3.05, 3.63) is 76.4 Å². The fourth-order valence-corrected chi connectivity index (χ4v) is 5.16. The van der Waals surface area contributed by atoms with Crippen LogP contribution in [-0.2, 0) is 10.0 Å². The molecular weight excluding hydrogens is 489 g/mol. The van der Waals surface area contributed by atoms with Crippen molar-refractivity contribution in [2.75, 3.05) is 0 Å². The molecule has 0 fully saturated rings. The summed E-state index contributed by atoms with van der Waals surface area (Å²) in [4.78, 5) is 1.76. The van der Waals surface area contributed by atoms with Crippen LogP contribution >= 0.6 is 34.5 Å². The van der Waals surface area contributed by atoms with Crippen LogP contribution in [0.25, 0.3) is 26.7 Å². The minimum absolute atomic E-state index is 0.0501. The Morgan fingerprint density at radius 2 is 1.84 bits per heavy atom. The van der Waals surface area contributed by atoms with Gasteiger partial charge in [0.2, 0.25) is 10.0 Å². The topological polar surface area (TPSA) is 98.2 Å². The van der Waals surface area contributed by atoms with Gasteiger partial charge in [-0.05, 0) is 60.5 Å². The molecule has 4 rings (SSSR count). The second-order valence-electron chi connectivity index (χ2n) is 7.12. The number of hydrogen-bond acceptors (Lipinski definition) is 5. The second-order valence-corrected chi connectivity index (χ2v) is 10.6. The maximum Gasteiger partial charge on any atom is 0.238 e. The van der Waals surface area contributed by atoms with E-state index in [9.17, 15) is 13.5 Å². The average molecular weight is 508 g/mol. The molecule has 0 aliphatic heterocycles. The highest BCUT2D eigenvalue weighted by molar-refractivity contribution is 7.89. The van der Waals surface area contributed by atoms with Crippen LogP contribution in [0.1, 0.15) is 25.1 Å². The highest BCUT2D eigenvalue weighted by Crippen LogP contribution is 2.38. The van der Waals surface area contributed by atoms with Crippen molar-refractivity contribution in [1.29, 1.82) is 0 Å². The number of sulfonamides is 1. The molecule has 0 saturated heterocycles. The number of aromatic nitrogens is 2. The number of benzene rings is 2. The molecule has 0 amide bonds. The van der Waals surface area contributed by atoms with Crippen LogP contribution < -0.4 is 5.14 Å². The van der Waals surface area contributed by atoms with Gasteiger partial charge in [0, 0.05) is 9.90 Å². The Labute approximate surface area is 199 Å². The summed E-state index contributed by atoms with van der Waals surface area (Å²) in [6, 6.07) is 17.2. The number of nitrogens with two attached hydrogens (primary N) is 1. The minimum Gasteiger partial charge on any atom is -0.387 e. The minimum atomic E-state index is -3.80. The molecule has 0 aliphatic carbocycles. The fourth-order valence-electron chi connectivity index (χ4n) is 3.24. The van der Waals surface area contributed by atoms with Crippen LogP contribution in [0.5, 0.6) is 0 Å². The van der Waals surface area contributed by atoms with Crippen LogP contribution in [-0.4, -0.2) is 23.3 Å². The van der Waals surface area contributed by atoms with Gasteiger partial charge in [-0.3, -0.25) is 0 Å². The molecule has 3 N–H and O–H groups in total. The third kappa shape index (κ3) is 4.61. The van der Waals surface area contributed by atoms with Gasteiger partial charge in [0.15, 0.2) is 0 Å². The first-order chi connectivity index (χ1) is 15.2. The summed E-state index contributed by atoms with van der Waals surface area (Å²) >= 11 is 14.1. The van der Waals surface area contributed by atoms with Crippen molar-refractivity contribution in [1.82, 2.24) is 9.78 Å². The second kappa shape index (κ2) is 8.97. The lowest BCUT2D eigenvalue weighted by Gasteiger charge is -2.09. The lowest BCUT2D eigenvalue weighted by Crippen LogP contribution is -2.11. The highest BCUT2D eigenvalue weighted by Gasteiger charge is 2.20. The average Bonchev–Trinajstić information content (AvgIpc) is 3.42. The van der Waals surface area contributed by atoms with Gasteiger partial charge in [-0.1, -0.05) is 42.3 Å². The van der Waals surface area contributed by atoms with Crippen LogP contribution in [0.15, 0.2) is 65.6 Å². The van der Waals surface area contributed by atoms with Crippen molar-refractivity contribution in [3.8, 4) is 26.7 Å². The molecule has 1 atom stereocenters. The number of thiophene rings is 1. The van der Waals surface area contributed by atoms with Gasteiger partial charge in [-0.25, -0.2) is 18.2 Å². The SMILES string of the molecule is CCC(O)c1cc(-c2ccc(-c3cccc(S(N)(=O)=O)c3)s2)n(-c2cc(Cl)ccc2Cl)n1. The molecule has 2 heterocycles. The number of primary sulfonamides is 1. The van der Waals surface area contributed by atoms with E-state index in [1.807, 2.05) is 31.2 Å². The zero-order chi connectivity index (χ0) is 23.0. The highest BCUT2D eigenvalue weighted by atomic mass is 35.5. The Balaban J connectivity index is 1.84. The maximum absolute atomic E-state index is 11.7. The normalized spacial score (nSPS) is 12.8. The molecule has 0 saturated carbocycles. The molecule has 6 nitrogen and oxygen atoms in total. The molecule has 2 aromatic heterocycles. The predicted octanol–water partition coefficient (Wildman–Crippen LogP) is 5.67. The first-order valence-electron chi connectivity index (χ1n) is 9.64. The van der Waals surface area contributed by atoms with E-state index >= 15 is 0 Å². The van der Waals surface area contributed by atoms with Gasteiger partial charge in [0.05, 0.1) is 38.0 Å². The van der Waals surface area contributed by atoms with Gasteiger partial charge in [-0.2, -0.15) is 5.10 Å². The number of nitrogens with zero attached hydrogens (tertiary/aromatic N) is 2. The molecule has 0 aliphatic rings. The molecule has 4 aromatic rings. The summed E-state index contributed by atoms with van der Waals surface area (Å²) < 4.78 is 25.1. The number of aliphatic hydroxyl groups excluding tert-OH is 1. The summed E-state index contributed by atoms with van der Waals surface area (Å²) in [7, 11) is -3.80. The van der Waals surface area contributed by atoms with E-state index < -0.39 is 16.1 Å². The Morgan fingerprint density at radius 1 is 1.09 bits per heavy atom. The van der Waals surface area contributed by atoms with Crippen LogP contribution in [0.2, 0.25) is 10.0 Å². The van der Waals surface area contributed by atoms with Gasteiger partial charge >= 0.3 is 0 Å². The van der Waals surface area contributed by atoms with Gasteiger partial charge in [0.25, 0.3) is 0 Å². The first kappa shape index (κ1) is 23.0. The Bertz CT molecular complexity index is 1400. The van der Waals surface area contributed by atoms with E-state index in [2.05, 4.69) is 5.10 Å². The van der Waals surface area contributed by atoms with Gasteiger partial charge < -0.3 is 5.11 Å². The molecule has 32 heavy (non-hydrogen) atoms. The molecule has 166 valence electrons. The predicted molar refractivity (Wildman–Crippen MR) is 129 cm³/mol. The quantitative estimate of drug-likeness (QED) is 0.351.